The molecule has 0 bridgehead atoms. The van der Waals surface area contributed by atoms with Crippen LogP contribution in [0.1, 0.15) is 17.0 Å². The van der Waals surface area contributed by atoms with Crippen LogP contribution in [0.3, 0.4) is 0 Å². The van der Waals surface area contributed by atoms with E-state index >= 15 is 0 Å². The monoisotopic (exact) mass is 865 g/mol. The number of hydrogen-bond acceptors (Lipinski definition) is 17. The van der Waals surface area contributed by atoms with E-state index in [2.05, 4.69) is 30.7 Å². The molecule has 4 aromatic carbocycles. The van der Waals surface area contributed by atoms with Crippen LogP contribution < -0.4 is 79.5 Å². The van der Waals surface area contributed by atoms with Gasteiger partial charge in [-0.3, -0.25) is 20.2 Å². The van der Waals surface area contributed by atoms with E-state index in [4.69, 9.17) is 0 Å². The zero-order valence-corrected chi connectivity index (χ0v) is 37.0. The first-order valence-corrected chi connectivity index (χ1v) is 16.8. The third-order valence-corrected chi connectivity index (χ3v) is 8.20. The Bertz CT molecular complexity index is 2630. The Balaban J connectivity index is 0.000000382. The fourth-order valence-electron chi connectivity index (χ4n) is 4.79. The maximum absolute atomic E-state index is 12.5. The molecule has 6 aromatic rings. The number of nitro groups is 2. The first-order chi connectivity index (χ1) is 26.0. The van der Waals surface area contributed by atoms with E-state index in [1.54, 1.807) is 68.4 Å². The number of benzene rings is 4. The van der Waals surface area contributed by atoms with E-state index in [9.17, 15) is 53.6 Å². The predicted molar refractivity (Wildman–Crippen MR) is 182 cm³/mol. The molecule has 6 rings (SSSR count). The number of aromatic nitrogens is 4. The van der Waals surface area contributed by atoms with E-state index in [1.165, 1.54) is 23.7 Å². The second-order valence-electron chi connectivity index (χ2n) is 11.3. The smallest absolute Gasteiger partial charge is 0.866 e. The van der Waals surface area contributed by atoms with Crippen LogP contribution in [0.25, 0.3) is 11.4 Å². The standard InChI is InChI=1S/C17H15N5O4.C16H13N5O7S.Cr.2Na/c1-10-8-13(16(23)14(9-10)22(25)26)18-19-15-11(2)20-21(17(15)24)12-6-4-3-5-7-12;1-9-14(16(23)20(19-9)10-5-3-2-4-6-10)18-17-12-7-11(29(26,27)28)8-13(15(12)22)21(24)25;;;/h3-9,23-24H,1-2H3;2-8,22-23H,1H3,(H,26,27,28);;;/q;;+3;2*+1/p-5. The molecule has 1 radical (unpaired) electrons. The summed E-state index contributed by atoms with van der Waals surface area (Å²) in [5, 5.41) is 94.0. The SMILES string of the molecule is Cc1cc(N=Nc2c(C)nn(-c3ccccc3)c2[O-])c([O-])c([N+](=O)[O-])c1.Cc1nn(-c2ccccc2)c([O-])c1N=Nc1cc(S(=O)(=O)[O-])cc([N+](=O)[O-])c1[O-].[Cr+3].[Na+].[Na+]. The molecule has 0 saturated heterocycles. The van der Waals surface area contributed by atoms with E-state index in [0.29, 0.717) is 34.8 Å². The summed E-state index contributed by atoms with van der Waals surface area (Å²) in [6.45, 7) is 4.64. The fraction of sp³-hybridized carbons (Fsp3) is 0.0909. The van der Waals surface area contributed by atoms with Crippen LogP contribution in [0.15, 0.2) is 110 Å². The molecule has 0 spiro atoms. The molecule has 0 aliphatic rings. The summed E-state index contributed by atoms with van der Waals surface area (Å²) in [6, 6.07) is 20.6. The number of hydrogen-bond donors (Lipinski definition) is 0. The van der Waals surface area contributed by atoms with Crippen molar-refractivity contribution in [2.75, 3.05) is 0 Å². The zero-order chi connectivity index (χ0) is 40.2. The molecule has 285 valence electrons. The molecular weight excluding hydrogens is 842 g/mol. The van der Waals surface area contributed by atoms with Crippen molar-refractivity contribution in [3.8, 4) is 34.6 Å². The van der Waals surface area contributed by atoms with Gasteiger partial charge in [0.2, 0.25) is 0 Å². The average molecular weight is 866 g/mol. The van der Waals surface area contributed by atoms with Crippen LogP contribution >= 0.6 is 0 Å². The molecule has 0 saturated carbocycles. The molecule has 0 unspecified atom stereocenters. The Morgan fingerprint density at radius 3 is 1.36 bits per heavy atom. The van der Waals surface area contributed by atoms with Gasteiger partial charge in [-0.1, -0.05) is 36.4 Å². The Morgan fingerprint density at radius 2 is 0.983 bits per heavy atom. The third kappa shape index (κ3) is 11.1. The summed E-state index contributed by atoms with van der Waals surface area (Å²) in [6.07, 6.45) is 0. The quantitative estimate of drug-likeness (QED) is 0.0527. The van der Waals surface area contributed by atoms with Crippen LogP contribution in [-0.4, -0.2) is 42.4 Å². The molecule has 0 aliphatic heterocycles. The second-order valence-corrected chi connectivity index (χ2v) is 12.6. The van der Waals surface area contributed by atoms with E-state index in [1.807, 2.05) is 6.07 Å². The first-order valence-electron chi connectivity index (χ1n) is 15.4. The zero-order valence-electron chi connectivity index (χ0n) is 30.9. The van der Waals surface area contributed by atoms with Crippen molar-refractivity contribution in [3.63, 3.8) is 0 Å². The molecule has 21 nitrogen and oxygen atoms in total. The van der Waals surface area contributed by atoms with Gasteiger partial charge in [0.05, 0.1) is 48.9 Å². The molecular formula is C33H23CrN10Na2O11S. The van der Waals surface area contributed by atoms with Crippen molar-refractivity contribution in [2.24, 2.45) is 20.5 Å². The number of nitrogens with zero attached hydrogens (tertiary/aromatic N) is 10. The minimum Gasteiger partial charge on any atom is -0.866 e. The maximum atomic E-state index is 12.5. The molecule has 2 aromatic heterocycles. The number of azo groups is 2. The van der Waals surface area contributed by atoms with Gasteiger partial charge < -0.3 is 25.0 Å². The van der Waals surface area contributed by atoms with Gasteiger partial charge in [0.1, 0.15) is 21.5 Å². The summed E-state index contributed by atoms with van der Waals surface area (Å²) in [4.78, 5) is 19.0. The van der Waals surface area contributed by atoms with Crippen LogP contribution in [0.4, 0.5) is 34.1 Å². The van der Waals surface area contributed by atoms with Gasteiger partial charge in [-0.2, -0.15) is 20.4 Å². The van der Waals surface area contributed by atoms with Gasteiger partial charge in [-0.05, 0) is 62.7 Å². The van der Waals surface area contributed by atoms with Gasteiger partial charge in [0, 0.05) is 35.4 Å². The minimum absolute atomic E-state index is 0. The molecule has 0 amide bonds. The summed E-state index contributed by atoms with van der Waals surface area (Å²) >= 11 is 0. The largest absolute Gasteiger partial charge is 3.00 e. The van der Waals surface area contributed by atoms with Crippen LogP contribution in [0.5, 0.6) is 23.3 Å². The summed E-state index contributed by atoms with van der Waals surface area (Å²) < 4.78 is 35.8. The maximum Gasteiger partial charge on any atom is 3.00 e. The van der Waals surface area contributed by atoms with Crippen molar-refractivity contribution in [1.29, 1.82) is 0 Å². The minimum atomic E-state index is -5.10. The van der Waals surface area contributed by atoms with Crippen molar-refractivity contribution in [2.45, 2.75) is 25.7 Å². The van der Waals surface area contributed by atoms with Crippen molar-refractivity contribution in [3.05, 3.63) is 122 Å². The molecule has 0 aliphatic carbocycles. The van der Waals surface area contributed by atoms with Crippen molar-refractivity contribution in [1.82, 2.24) is 19.6 Å². The van der Waals surface area contributed by atoms with Gasteiger partial charge in [-0.25, -0.2) is 17.8 Å². The van der Waals surface area contributed by atoms with Crippen molar-refractivity contribution >= 4 is 44.2 Å². The first kappa shape index (κ1) is 49.1. The number of aryl methyl sites for hydroxylation is 3. The van der Waals surface area contributed by atoms with Crippen LogP contribution in [0.2, 0.25) is 0 Å². The summed E-state index contributed by atoms with van der Waals surface area (Å²) in [5.41, 5.74) is -1.03. The molecule has 0 fully saturated rings. The van der Waals surface area contributed by atoms with Gasteiger partial charge in [-0.15, -0.1) is 10.2 Å². The normalized spacial score (nSPS) is 10.9. The van der Waals surface area contributed by atoms with E-state index < -0.39 is 65.2 Å². The predicted octanol–water partition coefficient (Wildman–Crippen LogP) is -1.48. The van der Waals surface area contributed by atoms with E-state index in [0.717, 1.165) is 4.68 Å². The van der Waals surface area contributed by atoms with Crippen LogP contribution in [0, 0.1) is 41.0 Å². The summed E-state index contributed by atoms with van der Waals surface area (Å²) in [7, 11) is -5.10. The Hall–Kier alpha value is -5.06. The Morgan fingerprint density at radius 1 is 0.603 bits per heavy atom. The number of para-hydroxylation sites is 2. The topological polar surface area (TPSA) is 321 Å². The van der Waals surface area contributed by atoms with E-state index in [-0.39, 0.29) is 99.2 Å². The molecule has 2 heterocycles. The Kier molecular flexibility index (Phi) is 17.4. The van der Waals surface area contributed by atoms with Crippen LogP contribution in [-0.2, 0) is 27.5 Å². The van der Waals surface area contributed by atoms with Gasteiger partial charge in [0.15, 0.2) is 0 Å². The molecule has 58 heavy (non-hydrogen) atoms. The molecule has 0 atom stereocenters. The van der Waals surface area contributed by atoms with Gasteiger partial charge >= 0.3 is 76.5 Å². The summed E-state index contributed by atoms with van der Waals surface area (Å²) in [5.74, 6) is -3.28. The number of rotatable bonds is 9. The molecule has 25 heteroatoms. The second kappa shape index (κ2) is 20.6. The number of nitro benzene ring substituents is 2. The fourth-order valence-corrected chi connectivity index (χ4v) is 5.31. The van der Waals surface area contributed by atoms with Crippen molar-refractivity contribution < 1.29 is 120 Å². The third-order valence-electron chi connectivity index (χ3n) is 7.39. The Labute approximate surface area is 383 Å². The van der Waals surface area contributed by atoms with Gasteiger partial charge in [0.25, 0.3) is 11.4 Å². The molecule has 0 N–H and O–H groups in total. The average Bonchev–Trinajstić information content (AvgIpc) is 3.59.